The summed E-state index contributed by atoms with van der Waals surface area (Å²) in [6.45, 7) is -0.419. The molecule has 3 aliphatic rings. The van der Waals surface area contributed by atoms with E-state index in [-0.39, 0.29) is 6.04 Å². The number of aliphatic hydroxyl groups excluding tert-OH is 4. The van der Waals surface area contributed by atoms with Gasteiger partial charge < -0.3 is 25.2 Å². The van der Waals surface area contributed by atoms with Crippen molar-refractivity contribution in [1.82, 2.24) is 5.32 Å². The van der Waals surface area contributed by atoms with E-state index >= 15 is 0 Å². The summed E-state index contributed by atoms with van der Waals surface area (Å²) in [7, 11) is 0. The summed E-state index contributed by atoms with van der Waals surface area (Å²) in [5, 5.41) is 41.6. The van der Waals surface area contributed by atoms with Gasteiger partial charge in [-0.25, -0.2) is 0 Å². The predicted molar refractivity (Wildman–Crippen MR) is 66.0 cm³/mol. The number of ether oxygens (including phenoxy) is 1. The standard InChI is InChI=1S/C13H17NO5/c15-5-8-10(16)11(17)12(18)13(19-8)14-9-6-1-2-7(9)4-3-6/h1-4,8-18H,5H2/t8-,10-,11+,12-,13+/m1/s1. The fraction of sp³-hybridized carbons (Fsp3) is 0.538. The van der Waals surface area contributed by atoms with Gasteiger partial charge >= 0.3 is 0 Å². The van der Waals surface area contributed by atoms with Crippen molar-refractivity contribution in [3.8, 4) is 0 Å². The topological polar surface area (TPSA) is 102 Å². The Morgan fingerprint density at radius 1 is 1.00 bits per heavy atom. The number of aliphatic hydroxyl groups is 4. The molecule has 2 aliphatic carbocycles. The molecule has 1 saturated heterocycles. The van der Waals surface area contributed by atoms with Crippen LogP contribution in [0.4, 0.5) is 0 Å². The number of nitrogens with one attached hydrogen (secondary N) is 1. The second-order valence-corrected chi connectivity index (χ2v) is 5.02. The molecule has 5 atom stereocenters. The lowest BCUT2D eigenvalue weighted by atomic mass is 9.97. The first-order chi connectivity index (χ1) is 9.11. The Morgan fingerprint density at radius 2 is 1.63 bits per heavy atom. The zero-order chi connectivity index (χ0) is 13.6. The van der Waals surface area contributed by atoms with E-state index in [4.69, 9.17) is 9.84 Å². The lowest BCUT2D eigenvalue weighted by Crippen LogP contribution is -2.63. The SMILES string of the molecule is OC[C@H]1O[C@H](NC2C3=CC=C2C=C3)[C@H](O)[C@@H](O)[C@@H]1O. The van der Waals surface area contributed by atoms with Gasteiger partial charge in [-0.05, 0) is 11.1 Å². The Hall–Kier alpha value is -1.02. The van der Waals surface area contributed by atoms with Crippen LogP contribution >= 0.6 is 0 Å². The first-order valence-corrected chi connectivity index (χ1v) is 6.28. The average Bonchev–Trinajstić information content (AvgIpc) is 2.99. The van der Waals surface area contributed by atoms with E-state index in [2.05, 4.69) is 5.32 Å². The highest BCUT2D eigenvalue weighted by Gasteiger charge is 2.44. The van der Waals surface area contributed by atoms with Crippen molar-refractivity contribution < 1.29 is 25.2 Å². The molecular weight excluding hydrogens is 250 g/mol. The second kappa shape index (κ2) is 4.82. The Labute approximate surface area is 110 Å². The number of allylic oxidation sites excluding steroid dienone is 2. The van der Waals surface area contributed by atoms with Crippen LogP contribution in [0, 0.1) is 0 Å². The van der Waals surface area contributed by atoms with E-state index in [0.717, 1.165) is 11.1 Å². The van der Waals surface area contributed by atoms with Gasteiger partial charge in [0.1, 0.15) is 30.6 Å². The summed E-state index contributed by atoms with van der Waals surface area (Å²) in [6, 6.07) is -0.0681. The van der Waals surface area contributed by atoms with Crippen LogP contribution in [0.25, 0.3) is 0 Å². The van der Waals surface area contributed by atoms with Gasteiger partial charge in [0.25, 0.3) is 0 Å². The molecule has 3 rings (SSSR count). The van der Waals surface area contributed by atoms with Crippen molar-refractivity contribution in [3.05, 3.63) is 35.5 Å². The van der Waals surface area contributed by atoms with E-state index in [1.54, 1.807) is 0 Å². The number of hydrogen-bond donors (Lipinski definition) is 5. The van der Waals surface area contributed by atoms with Gasteiger partial charge in [-0.2, -0.15) is 0 Å². The van der Waals surface area contributed by atoms with Crippen LogP contribution in [0.1, 0.15) is 0 Å². The smallest absolute Gasteiger partial charge is 0.138 e. The van der Waals surface area contributed by atoms with E-state index < -0.39 is 37.3 Å². The lowest BCUT2D eigenvalue weighted by Gasteiger charge is -2.41. The van der Waals surface area contributed by atoms with Crippen molar-refractivity contribution in [2.24, 2.45) is 0 Å². The molecule has 6 heteroatoms. The largest absolute Gasteiger partial charge is 0.394 e. The van der Waals surface area contributed by atoms with E-state index in [9.17, 15) is 15.3 Å². The summed E-state index contributed by atoms with van der Waals surface area (Å²) in [6.07, 6.45) is 2.23. The summed E-state index contributed by atoms with van der Waals surface area (Å²) >= 11 is 0. The third kappa shape index (κ3) is 2.06. The van der Waals surface area contributed by atoms with Gasteiger partial charge in [0.05, 0.1) is 12.6 Å². The fourth-order valence-corrected chi connectivity index (χ4v) is 2.67. The van der Waals surface area contributed by atoms with Crippen LogP contribution in [0.3, 0.4) is 0 Å². The molecule has 1 aliphatic heterocycles. The summed E-state index contributed by atoms with van der Waals surface area (Å²) in [4.78, 5) is 0. The molecule has 6 nitrogen and oxygen atoms in total. The third-order valence-corrected chi connectivity index (χ3v) is 3.83. The van der Waals surface area contributed by atoms with Crippen LogP contribution in [0.2, 0.25) is 0 Å². The third-order valence-electron chi connectivity index (χ3n) is 3.83. The molecule has 0 amide bonds. The van der Waals surface area contributed by atoms with Crippen molar-refractivity contribution in [2.75, 3.05) is 6.61 Å². The minimum atomic E-state index is -1.35. The molecule has 0 saturated carbocycles. The van der Waals surface area contributed by atoms with Crippen LogP contribution in [0.5, 0.6) is 0 Å². The monoisotopic (exact) mass is 267 g/mol. The normalized spacial score (nSPS) is 41.6. The molecule has 1 fully saturated rings. The summed E-state index contributed by atoms with van der Waals surface area (Å²) in [5.41, 5.74) is 2.12. The maximum Gasteiger partial charge on any atom is 0.138 e. The molecule has 0 aromatic rings. The van der Waals surface area contributed by atoms with Gasteiger partial charge in [-0.15, -0.1) is 0 Å². The maximum atomic E-state index is 9.94. The van der Waals surface area contributed by atoms with Gasteiger partial charge in [0.2, 0.25) is 0 Å². The first-order valence-electron chi connectivity index (χ1n) is 6.28. The van der Waals surface area contributed by atoms with Crippen molar-refractivity contribution in [2.45, 2.75) is 36.7 Å². The second-order valence-electron chi connectivity index (χ2n) is 5.02. The molecule has 19 heavy (non-hydrogen) atoms. The highest BCUT2D eigenvalue weighted by molar-refractivity contribution is 5.56. The van der Waals surface area contributed by atoms with Crippen LogP contribution in [0.15, 0.2) is 35.5 Å². The van der Waals surface area contributed by atoms with E-state index in [1.807, 2.05) is 24.3 Å². The summed E-state index contributed by atoms with van der Waals surface area (Å²) < 4.78 is 5.41. The molecular formula is C13H17NO5. The Morgan fingerprint density at radius 3 is 2.16 bits per heavy atom. The van der Waals surface area contributed by atoms with E-state index in [1.165, 1.54) is 0 Å². The Kier molecular flexibility index (Phi) is 3.30. The molecule has 1 heterocycles. The molecule has 2 bridgehead atoms. The molecule has 5 N–H and O–H groups in total. The first kappa shape index (κ1) is 13.0. The highest BCUT2D eigenvalue weighted by Crippen LogP contribution is 2.30. The minimum Gasteiger partial charge on any atom is -0.394 e. The molecule has 0 aromatic heterocycles. The van der Waals surface area contributed by atoms with Gasteiger partial charge in [0.15, 0.2) is 0 Å². The van der Waals surface area contributed by atoms with Gasteiger partial charge in [0, 0.05) is 0 Å². The van der Waals surface area contributed by atoms with Crippen LogP contribution in [-0.4, -0.2) is 63.7 Å². The molecule has 0 unspecified atom stereocenters. The quantitative estimate of drug-likeness (QED) is 0.413. The van der Waals surface area contributed by atoms with Crippen LogP contribution < -0.4 is 5.32 Å². The minimum absolute atomic E-state index is 0.0681. The molecule has 0 radical (unpaired) electrons. The van der Waals surface area contributed by atoms with Crippen molar-refractivity contribution >= 4 is 0 Å². The molecule has 104 valence electrons. The highest BCUT2D eigenvalue weighted by atomic mass is 16.6. The average molecular weight is 267 g/mol. The summed E-state index contributed by atoms with van der Waals surface area (Å²) in [5.74, 6) is 0. The number of rotatable bonds is 3. The van der Waals surface area contributed by atoms with E-state index in [0.29, 0.717) is 0 Å². The van der Waals surface area contributed by atoms with Gasteiger partial charge in [-0.3, -0.25) is 5.32 Å². The molecule has 0 aromatic carbocycles. The fourth-order valence-electron chi connectivity index (χ4n) is 2.67. The van der Waals surface area contributed by atoms with Crippen molar-refractivity contribution in [1.29, 1.82) is 0 Å². The maximum absolute atomic E-state index is 9.94. The zero-order valence-electron chi connectivity index (χ0n) is 10.2. The number of fused-ring (bicyclic) bond motifs is 2. The Bertz CT molecular complexity index is 434. The zero-order valence-corrected chi connectivity index (χ0v) is 10.2. The lowest BCUT2D eigenvalue weighted by molar-refractivity contribution is -0.237. The van der Waals surface area contributed by atoms with Crippen molar-refractivity contribution in [3.63, 3.8) is 0 Å². The predicted octanol–water partition coefficient (Wildman–Crippen LogP) is -1.82. The van der Waals surface area contributed by atoms with Gasteiger partial charge in [-0.1, -0.05) is 24.3 Å². The molecule has 0 spiro atoms. The van der Waals surface area contributed by atoms with Crippen LogP contribution in [-0.2, 0) is 4.74 Å². The Balaban J connectivity index is 1.71. The number of hydrogen-bond acceptors (Lipinski definition) is 6.